The van der Waals surface area contributed by atoms with Crippen LogP contribution in [0.4, 0.5) is 0 Å². The zero-order valence-corrected chi connectivity index (χ0v) is 17.3. The number of halogens is 1. The first-order chi connectivity index (χ1) is 13.5. The summed E-state index contributed by atoms with van der Waals surface area (Å²) in [7, 11) is 0. The Hall–Kier alpha value is -2.31. The van der Waals surface area contributed by atoms with Crippen molar-refractivity contribution in [3.05, 3.63) is 65.2 Å². The molecule has 146 valence electrons. The molecular weight excluding hydrogens is 394 g/mol. The predicted molar refractivity (Wildman–Crippen MR) is 112 cm³/mol. The first kappa shape index (κ1) is 20.4. The average Bonchev–Trinajstić information content (AvgIpc) is 3.15. The molecule has 3 aromatic rings. The van der Waals surface area contributed by atoms with Gasteiger partial charge in [0.15, 0.2) is 0 Å². The van der Waals surface area contributed by atoms with Crippen molar-refractivity contribution < 1.29 is 9.21 Å². The van der Waals surface area contributed by atoms with Crippen LogP contribution < -0.4 is 5.32 Å². The van der Waals surface area contributed by atoms with Crippen LogP contribution in [0.25, 0.3) is 11.5 Å². The largest absolute Gasteiger partial charge is 0.411 e. The van der Waals surface area contributed by atoms with Crippen molar-refractivity contribution in [1.29, 1.82) is 0 Å². The SMILES string of the molecule is CC(C)C[C@H](NC(=O)CSc1nnc(-c2cccc(Cl)c2)o1)c1ccccc1. The molecule has 1 amide bonds. The molecule has 0 unspecified atom stereocenters. The van der Waals surface area contributed by atoms with E-state index >= 15 is 0 Å². The molecule has 0 spiro atoms. The number of carbonyl (C=O) groups excluding carboxylic acids is 1. The van der Waals surface area contributed by atoms with Gasteiger partial charge in [-0.2, -0.15) is 0 Å². The lowest BCUT2D eigenvalue weighted by Crippen LogP contribution is -2.30. The minimum absolute atomic E-state index is 0.0148. The molecule has 1 aromatic heterocycles. The number of amides is 1. The number of hydrogen-bond acceptors (Lipinski definition) is 5. The number of nitrogens with one attached hydrogen (secondary N) is 1. The third-order valence-electron chi connectivity index (χ3n) is 4.05. The van der Waals surface area contributed by atoms with Gasteiger partial charge in [-0.25, -0.2) is 0 Å². The molecule has 0 bridgehead atoms. The monoisotopic (exact) mass is 415 g/mol. The van der Waals surface area contributed by atoms with Crippen molar-refractivity contribution >= 4 is 29.3 Å². The maximum Gasteiger partial charge on any atom is 0.277 e. The van der Waals surface area contributed by atoms with Gasteiger partial charge in [0.25, 0.3) is 5.22 Å². The second-order valence-electron chi connectivity index (χ2n) is 6.83. The third kappa shape index (κ3) is 5.84. The normalized spacial score (nSPS) is 12.1. The van der Waals surface area contributed by atoms with Gasteiger partial charge >= 0.3 is 0 Å². The Morgan fingerprint density at radius 1 is 1.14 bits per heavy atom. The maximum absolute atomic E-state index is 12.5. The van der Waals surface area contributed by atoms with Gasteiger partial charge in [0, 0.05) is 10.6 Å². The van der Waals surface area contributed by atoms with E-state index in [1.54, 1.807) is 12.1 Å². The number of carbonyl (C=O) groups is 1. The molecular formula is C21H22ClN3O2S. The zero-order valence-electron chi connectivity index (χ0n) is 15.8. The van der Waals surface area contributed by atoms with Crippen LogP contribution in [-0.4, -0.2) is 21.9 Å². The van der Waals surface area contributed by atoms with E-state index in [4.69, 9.17) is 16.0 Å². The summed E-state index contributed by atoms with van der Waals surface area (Å²) in [6.45, 7) is 4.29. The van der Waals surface area contributed by atoms with Crippen LogP contribution in [0.5, 0.6) is 0 Å². The summed E-state index contributed by atoms with van der Waals surface area (Å²) in [6, 6.07) is 17.2. The highest BCUT2D eigenvalue weighted by Crippen LogP contribution is 2.26. The van der Waals surface area contributed by atoms with Gasteiger partial charge < -0.3 is 9.73 Å². The highest BCUT2D eigenvalue weighted by atomic mass is 35.5. The van der Waals surface area contributed by atoms with Gasteiger partial charge in [-0.05, 0) is 36.1 Å². The average molecular weight is 416 g/mol. The number of hydrogen-bond donors (Lipinski definition) is 1. The standard InChI is InChI=1S/C21H22ClN3O2S/c1-14(2)11-18(15-7-4-3-5-8-15)23-19(26)13-28-21-25-24-20(27-21)16-9-6-10-17(22)12-16/h3-10,12,14,18H,11,13H2,1-2H3,(H,23,26)/t18-/m0/s1. The topological polar surface area (TPSA) is 68.0 Å². The van der Waals surface area contributed by atoms with E-state index in [0.29, 0.717) is 22.1 Å². The van der Waals surface area contributed by atoms with Crippen molar-refractivity contribution in [2.24, 2.45) is 5.92 Å². The summed E-state index contributed by atoms with van der Waals surface area (Å²) in [4.78, 5) is 12.5. The number of rotatable bonds is 8. The molecule has 0 saturated carbocycles. The fourth-order valence-corrected chi connectivity index (χ4v) is 3.57. The van der Waals surface area contributed by atoms with Crippen LogP contribution in [0, 0.1) is 5.92 Å². The van der Waals surface area contributed by atoms with Gasteiger partial charge in [-0.15, -0.1) is 10.2 Å². The lowest BCUT2D eigenvalue weighted by molar-refractivity contribution is -0.119. The molecule has 1 N–H and O–H groups in total. The molecule has 0 aliphatic rings. The molecule has 3 rings (SSSR count). The molecule has 2 aromatic carbocycles. The minimum Gasteiger partial charge on any atom is -0.411 e. The van der Waals surface area contributed by atoms with Crippen LogP contribution in [0.15, 0.2) is 64.2 Å². The Kier molecular flexibility index (Phi) is 7.12. The van der Waals surface area contributed by atoms with Gasteiger partial charge in [-0.3, -0.25) is 4.79 Å². The van der Waals surface area contributed by atoms with Crippen LogP contribution in [0.2, 0.25) is 5.02 Å². The van der Waals surface area contributed by atoms with E-state index in [9.17, 15) is 4.79 Å². The molecule has 0 fully saturated rings. The van der Waals surface area contributed by atoms with Crippen molar-refractivity contribution in [2.45, 2.75) is 31.5 Å². The molecule has 1 atom stereocenters. The first-order valence-corrected chi connectivity index (χ1v) is 10.4. The number of nitrogens with zero attached hydrogens (tertiary/aromatic N) is 2. The molecule has 0 radical (unpaired) electrons. The Bertz CT molecular complexity index is 915. The number of thioether (sulfide) groups is 1. The summed E-state index contributed by atoms with van der Waals surface area (Å²) >= 11 is 7.21. The van der Waals surface area contributed by atoms with E-state index in [-0.39, 0.29) is 17.7 Å². The quantitative estimate of drug-likeness (QED) is 0.500. The summed E-state index contributed by atoms with van der Waals surface area (Å²) in [6.07, 6.45) is 0.875. The highest BCUT2D eigenvalue weighted by Gasteiger charge is 2.17. The minimum atomic E-state index is -0.0676. The lowest BCUT2D eigenvalue weighted by atomic mass is 9.97. The van der Waals surface area contributed by atoms with Crippen LogP contribution >= 0.6 is 23.4 Å². The number of benzene rings is 2. The first-order valence-electron chi connectivity index (χ1n) is 9.08. The van der Waals surface area contributed by atoms with Crippen LogP contribution in [-0.2, 0) is 4.79 Å². The fourth-order valence-electron chi connectivity index (χ4n) is 2.80. The van der Waals surface area contributed by atoms with Crippen molar-refractivity contribution in [3.63, 3.8) is 0 Å². The summed E-state index contributed by atoms with van der Waals surface area (Å²) in [5.74, 6) is 0.988. The summed E-state index contributed by atoms with van der Waals surface area (Å²) in [5, 5.41) is 12.1. The fraction of sp³-hybridized carbons (Fsp3) is 0.286. The van der Waals surface area contributed by atoms with Gasteiger partial charge in [0.05, 0.1) is 11.8 Å². The zero-order chi connectivity index (χ0) is 19.9. The van der Waals surface area contributed by atoms with E-state index < -0.39 is 0 Å². The summed E-state index contributed by atoms with van der Waals surface area (Å²) in [5.41, 5.74) is 1.85. The molecule has 7 heteroatoms. The highest BCUT2D eigenvalue weighted by molar-refractivity contribution is 7.99. The van der Waals surface area contributed by atoms with Gasteiger partial charge in [-0.1, -0.05) is 73.6 Å². The second-order valence-corrected chi connectivity index (χ2v) is 8.20. The van der Waals surface area contributed by atoms with Gasteiger partial charge in [0.1, 0.15) is 0 Å². The number of aromatic nitrogens is 2. The third-order valence-corrected chi connectivity index (χ3v) is 5.10. The predicted octanol–water partition coefficient (Wildman–Crippen LogP) is 5.39. The molecule has 0 aliphatic carbocycles. The van der Waals surface area contributed by atoms with E-state index in [0.717, 1.165) is 17.5 Å². The molecule has 1 heterocycles. The Morgan fingerprint density at radius 3 is 2.64 bits per heavy atom. The van der Waals surface area contributed by atoms with Crippen molar-refractivity contribution in [2.75, 3.05) is 5.75 Å². The van der Waals surface area contributed by atoms with Crippen LogP contribution in [0.1, 0.15) is 31.9 Å². The smallest absolute Gasteiger partial charge is 0.277 e. The van der Waals surface area contributed by atoms with Crippen LogP contribution in [0.3, 0.4) is 0 Å². The lowest BCUT2D eigenvalue weighted by Gasteiger charge is -2.21. The molecule has 0 saturated heterocycles. The second kappa shape index (κ2) is 9.75. The van der Waals surface area contributed by atoms with E-state index in [1.165, 1.54) is 11.8 Å². The molecule has 28 heavy (non-hydrogen) atoms. The maximum atomic E-state index is 12.5. The Morgan fingerprint density at radius 2 is 1.93 bits per heavy atom. The van der Waals surface area contributed by atoms with E-state index in [1.807, 2.05) is 42.5 Å². The molecule has 0 aliphatic heterocycles. The van der Waals surface area contributed by atoms with Crippen molar-refractivity contribution in [3.8, 4) is 11.5 Å². The van der Waals surface area contributed by atoms with E-state index in [2.05, 4.69) is 29.4 Å². The van der Waals surface area contributed by atoms with Crippen molar-refractivity contribution in [1.82, 2.24) is 15.5 Å². The Labute approximate surface area is 173 Å². The summed E-state index contributed by atoms with van der Waals surface area (Å²) < 4.78 is 5.63. The molecule has 5 nitrogen and oxygen atoms in total. The van der Waals surface area contributed by atoms with Gasteiger partial charge in [0.2, 0.25) is 11.8 Å². The Balaban J connectivity index is 1.59.